The number of carbonyl (C=O) groups is 2. The first-order chi connectivity index (χ1) is 11.5. The summed E-state index contributed by atoms with van der Waals surface area (Å²) in [5.74, 6) is -1.15. The summed E-state index contributed by atoms with van der Waals surface area (Å²) >= 11 is 0. The molecule has 5 nitrogen and oxygen atoms in total. The fourth-order valence-electron chi connectivity index (χ4n) is 2.34. The second kappa shape index (κ2) is 8.10. The number of rotatable bonds is 7. The standard InChI is InChI=1S/C18H18FNO4/c1-24-15-4-2-3-12(9-15)10-17(21)20-16(11-18(22)23)13-5-7-14(19)8-6-13/h2-9,16H,10-11H2,1H3,(H,20,21)(H,22,23). The van der Waals surface area contributed by atoms with Crippen LogP contribution in [0, 0.1) is 5.82 Å². The van der Waals surface area contributed by atoms with Gasteiger partial charge in [0, 0.05) is 0 Å². The van der Waals surface area contributed by atoms with Crippen LogP contribution in [0.25, 0.3) is 0 Å². The minimum atomic E-state index is -1.05. The predicted octanol–water partition coefficient (Wildman–Crippen LogP) is 2.71. The van der Waals surface area contributed by atoms with Crippen LogP contribution in [0.4, 0.5) is 4.39 Å². The Morgan fingerprint density at radius 1 is 1.21 bits per heavy atom. The number of carboxylic acids is 1. The van der Waals surface area contributed by atoms with E-state index in [-0.39, 0.29) is 18.7 Å². The van der Waals surface area contributed by atoms with Crippen molar-refractivity contribution in [3.05, 3.63) is 65.5 Å². The molecule has 2 aromatic carbocycles. The minimum Gasteiger partial charge on any atom is -0.497 e. The van der Waals surface area contributed by atoms with Gasteiger partial charge in [-0.1, -0.05) is 24.3 Å². The summed E-state index contributed by atoms with van der Waals surface area (Å²) in [6.45, 7) is 0. The number of methoxy groups -OCH3 is 1. The second-order valence-corrected chi connectivity index (χ2v) is 5.30. The van der Waals surface area contributed by atoms with Gasteiger partial charge in [-0.05, 0) is 35.4 Å². The number of carbonyl (C=O) groups excluding carboxylic acids is 1. The molecule has 1 atom stereocenters. The van der Waals surface area contributed by atoms with Crippen LogP contribution in [-0.2, 0) is 16.0 Å². The number of amides is 1. The highest BCUT2D eigenvalue weighted by Gasteiger charge is 2.18. The van der Waals surface area contributed by atoms with E-state index >= 15 is 0 Å². The number of benzene rings is 2. The average molecular weight is 331 g/mol. The Labute approximate surface area is 139 Å². The Morgan fingerprint density at radius 2 is 1.92 bits per heavy atom. The zero-order valence-corrected chi connectivity index (χ0v) is 13.2. The average Bonchev–Trinajstić information content (AvgIpc) is 2.54. The summed E-state index contributed by atoms with van der Waals surface area (Å²) in [5, 5.41) is 11.7. The van der Waals surface area contributed by atoms with E-state index < -0.39 is 17.8 Å². The normalized spacial score (nSPS) is 11.6. The van der Waals surface area contributed by atoms with E-state index in [9.17, 15) is 14.0 Å². The maximum absolute atomic E-state index is 13.0. The van der Waals surface area contributed by atoms with Crippen molar-refractivity contribution in [1.82, 2.24) is 5.32 Å². The van der Waals surface area contributed by atoms with Crippen molar-refractivity contribution >= 4 is 11.9 Å². The monoisotopic (exact) mass is 331 g/mol. The number of hydrogen-bond donors (Lipinski definition) is 2. The quantitative estimate of drug-likeness (QED) is 0.818. The van der Waals surface area contributed by atoms with Crippen molar-refractivity contribution in [2.24, 2.45) is 0 Å². The molecule has 0 aromatic heterocycles. The maximum atomic E-state index is 13.0. The summed E-state index contributed by atoms with van der Waals surface area (Å²) < 4.78 is 18.1. The Hall–Kier alpha value is -2.89. The van der Waals surface area contributed by atoms with E-state index in [4.69, 9.17) is 9.84 Å². The van der Waals surface area contributed by atoms with E-state index in [1.54, 1.807) is 24.3 Å². The van der Waals surface area contributed by atoms with Gasteiger partial charge in [-0.25, -0.2) is 4.39 Å². The third-order valence-corrected chi connectivity index (χ3v) is 3.49. The highest BCUT2D eigenvalue weighted by atomic mass is 19.1. The lowest BCUT2D eigenvalue weighted by Gasteiger charge is -2.17. The van der Waals surface area contributed by atoms with Crippen molar-refractivity contribution in [3.8, 4) is 5.75 Å². The molecule has 1 unspecified atom stereocenters. The molecule has 1 amide bonds. The van der Waals surface area contributed by atoms with Crippen LogP contribution in [0.3, 0.4) is 0 Å². The van der Waals surface area contributed by atoms with Crippen molar-refractivity contribution in [3.63, 3.8) is 0 Å². The summed E-state index contributed by atoms with van der Waals surface area (Å²) in [4.78, 5) is 23.3. The number of ether oxygens (including phenoxy) is 1. The molecule has 2 N–H and O–H groups in total. The Morgan fingerprint density at radius 3 is 2.54 bits per heavy atom. The maximum Gasteiger partial charge on any atom is 0.305 e. The molecule has 0 aliphatic rings. The zero-order valence-electron chi connectivity index (χ0n) is 13.2. The van der Waals surface area contributed by atoms with E-state index in [1.807, 2.05) is 0 Å². The molecule has 0 fully saturated rings. The molecule has 0 spiro atoms. The molecule has 0 radical (unpaired) electrons. The van der Waals surface area contributed by atoms with Gasteiger partial charge in [0.25, 0.3) is 0 Å². The van der Waals surface area contributed by atoms with Crippen LogP contribution < -0.4 is 10.1 Å². The Bertz CT molecular complexity index is 715. The molecule has 0 bridgehead atoms. The third kappa shape index (κ3) is 5.08. The number of hydrogen-bond acceptors (Lipinski definition) is 3. The van der Waals surface area contributed by atoms with E-state index in [1.165, 1.54) is 31.4 Å². The lowest BCUT2D eigenvalue weighted by atomic mass is 10.0. The van der Waals surface area contributed by atoms with Crippen LogP contribution in [0.1, 0.15) is 23.6 Å². The molecular weight excluding hydrogens is 313 g/mol. The molecule has 0 aliphatic carbocycles. The molecule has 0 aliphatic heterocycles. The van der Waals surface area contributed by atoms with Gasteiger partial charge in [-0.3, -0.25) is 9.59 Å². The molecule has 2 aromatic rings. The van der Waals surface area contributed by atoms with E-state index in [0.717, 1.165) is 5.56 Å². The second-order valence-electron chi connectivity index (χ2n) is 5.30. The van der Waals surface area contributed by atoms with Crippen LogP contribution >= 0.6 is 0 Å². The summed E-state index contributed by atoms with van der Waals surface area (Å²) in [5.41, 5.74) is 1.29. The topological polar surface area (TPSA) is 75.6 Å². The molecule has 24 heavy (non-hydrogen) atoms. The van der Waals surface area contributed by atoms with Gasteiger partial charge in [0.2, 0.25) is 5.91 Å². The smallest absolute Gasteiger partial charge is 0.305 e. The van der Waals surface area contributed by atoms with Gasteiger partial charge in [-0.15, -0.1) is 0 Å². The zero-order chi connectivity index (χ0) is 17.5. The Kier molecular flexibility index (Phi) is 5.89. The molecule has 0 saturated heterocycles. The Balaban J connectivity index is 2.08. The number of carboxylic acid groups (broad SMARTS) is 1. The van der Waals surface area contributed by atoms with Crippen LogP contribution in [0.15, 0.2) is 48.5 Å². The predicted molar refractivity (Wildman–Crippen MR) is 86.2 cm³/mol. The largest absolute Gasteiger partial charge is 0.497 e. The SMILES string of the molecule is COc1cccc(CC(=O)NC(CC(=O)O)c2ccc(F)cc2)c1. The molecule has 6 heteroatoms. The summed E-state index contributed by atoms with van der Waals surface area (Å²) in [7, 11) is 1.54. The first-order valence-electron chi connectivity index (χ1n) is 7.37. The number of aliphatic carboxylic acids is 1. The molecule has 126 valence electrons. The van der Waals surface area contributed by atoms with Gasteiger partial charge in [0.05, 0.1) is 26.0 Å². The van der Waals surface area contributed by atoms with Crippen molar-refractivity contribution in [1.29, 1.82) is 0 Å². The van der Waals surface area contributed by atoms with Crippen LogP contribution in [0.2, 0.25) is 0 Å². The minimum absolute atomic E-state index is 0.0918. The van der Waals surface area contributed by atoms with Gasteiger partial charge in [0.15, 0.2) is 0 Å². The van der Waals surface area contributed by atoms with Crippen LogP contribution in [0.5, 0.6) is 5.75 Å². The first-order valence-corrected chi connectivity index (χ1v) is 7.37. The van der Waals surface area contributed by atoms with Crippen molar-refractivity contribution in [2.45, 2.75) is 18.9 Å². The van der Waals surface area contributed by atoms with Gasteiger partial charge < -0.3 is 15.2 Å². The lowest BCUT2D eigenvalue weighted by Crippen LogP contribution is -2.31. The van der Waals surface area contributed by atoms with E-state index in [0.29, 0.717) is 11.3 Å². The van der Waals surface area contributed by atoms with Crippen molar-refractivity contribution < 1.29 is 23.8 Å². The van der Waals surface area contributed by atoms with Gasteiger partial charge >= 0.3 is 5.97 Å². The fraction of sp³-hybridized carbons (Fsp3) is 0.222. The fourth-order valence-corrected chi connectivity index (χ4v) is 2.34. The molecule has 2 rings (SSSR count). The molecular formula is C18H18FNO4. The van der Waals surface area contributed by atoms with Crippen LogP contribution in [-0.4, -0.2) is 24.1 Å². The van der Waals surface area contributed by atoms with Crippen molar-refractivity contribution in [2.75, 3.05) is 7.11 Å². The molecule has 0 saturated carbocycles. The highest BCUT2D eigenvalue weighted by molar-refractivity contribution is 5.80. The third-order valence-electron chi connectivity index (χ3n) is 3.49. The lowest BCUT2D eigenvalue weighted by molar-refractivity contribution is -0.137. The highest BCUT2D eigenvalue weighted by Crippen LogP contribution is 2.18. The summed E-state index contributed by atoms with van der Waals surface area (Å²) in [6, 6.07) is 11.8. The first kappa shape index (κ1) is 17.5. The van der Waals surface area contributed by atoms with Gasteiger partial charge in [0.1, 0.15) is 11.6 Å². The summed E-state index contributed by atoms with van der Waals surface area (Å²) in [6.07, 6.45) is -0.190. The number of halogens is 1. The van der Waals surface area contributed by atoms with E-state index in [2.05, 4.69) is 5.32 Å². The molecule has 0 heterocycles. The van der Waals surface area contributed by atoms with Gasteiger partial charge in [-0.2, -0.15) is 0 Å². The number of nitrogens with one attached hydrogen (secondary N) is 1.